The van der Waals surface area contributed by atoms with Crippen molar-refractivity contribution in [2.45, 2.75) is 39.0 Å². The molecule has 0 fully saturated rings. The fourth-order valence-electron chi connectivity index (χ4n) is 3.47. The molecule has 0 saturated carbocycles. The normalized spacial score (nSPS) is 12.3. The highest BCUT2D eigenvalue weighted by Crippen LogP contribution is 2.44. The Bertz CT molecular complexity index is 1390. The molecule has 4 rings (SSSR count). The molecular weight excluding hydrogens is 478 g/mol. The summed E-state index contributed by atoms with van der Waals surface area (Å²) in [5.74, 6) is -6.74. The smallest absolute Gasteiger partial charge is 0.346 e. The lowest BCUT2D eigenvalue weighted by Gasteiger charge is -2.21. The SMILES string of the molecule is CCn1ncc(CNC(=O)c2cc3nc(-c4ccc(F)cc4)cc(C(F)(F)C(F)(F)F)n3n2)c1C. The number of aryl methyl sites for hydroxylation is 1. The minimum atomic E-state index is -5.94. The Hall–Kier alpha value is -3.90. The van der Waals surface area contributed by atoms with Crippen LogP contribution in [0.25, 0.3) is 16.9 Å². The van der Waals surface area contributed by atoms with Gasteiger partial charge in [-0.3, -0.25) is 9.48 Å². The van der Waals surface area contributed by atoms with Crippen LogP contribution in [0.5, 0.6) is 0 Å². The number of alkyl halides is 5. The van der Waals surface area contributed by atoms with E-state index in [4.69, 9.17) is 0 Å². The van der Waals surface area contributed by atoms with Crippen molar-refractivity contribution in [2.75, 3.05) is 0 Å². The summed E-state index contributed by atoms with van der Waals surface area (Å²) in [5, 5.41) is 10.4. The summed E-state index contributed by atoms with van der Waals surface area (Å²) in [6, 6.07) is 5.92. The first-order valence-corrected chi connectivity index (χ1v) is 10.3. The van der Waals surface area contributed by atoms with E-state index in [1.54, 1.807) is 17.8 Å². The largest absolute Gasteiger partial charge is 0.459 e. The van der Waals surface area contributed by atoms with E-state index in [1.807, 2.05) is 6.92 Å². The van der Waals surface area contributed by atoms with Gasteiger partial charge in [0.2, 0.25) is 0 Å². The number of nitrogens with one attached hydrogen (secondary N) is 1. The molecular formula is C22H18F6N6O. The van der Waals surface area contributed by atoms with Crippen molar-refractivity contribution in [3.05, 3.63) is 71.1 Å². The monoisotopic (exact) mass is 496 g/mol. The average molecular weight is 496 g/mol. The number of carbonyl (C=O) groups excluding carboxylic acids is 1. The molecule has 3 aromatic heterocycles. The molecule has 3 heterocycles. The Morgan fingerprint density at radius 1 is 1.09 bits per heavy atom. The number of rotatable bonds is 6. The highest BCUT2D eigenvalue weighted by atomic mass is 19.4. The maximum absolute atomic E-state index is 14.4. The van der Waals surface area contributed by atoms with Crippen molar-refractivity contribution < 1.29 is 31.1 Å². The Kier molecular flexibility index (Phi) is 6.03. The molecule has 0 unspecified atom stereocenters. The van der Waals surface area contributed by atoms with Gasteiger partial charge in [0, 0.05) is 36.0 Å². The predicted molar refractivity (Wildman–Crippen MR) is 112 cm³/mol. The van der Waals surface area contributed by atoms with Gasteiger partial charge < -0.3 is 5.32 Å². The maximum atomic E-state index is 14.4. The van der Waals surface area contributed by atoms with Crippen molar-refractivity contribution in [1.82, 2.24) is 29.7 Å². The molecule has 35 heavy (non-hydrogen) atoms. The van der Waals surface area contributed by atoms with Crippen LogP contribution in [0, 0.1) is 12.7 Å². The van der Waals surface area contributed by atoms with E-state index in [2.05, 4.69) is 20.5 Å². The van der Waals surface area contributed by atoms with Crippen molar-refractivity contribution in [1.29, 1.82) is 0 Å². The Balaban J connectivity index is 1.75. The topological polar surface area (TPSA) is 77.1 Å². The van der Waals surface area contributed by atoms with Crippen LogP contribution in [0.3, 0.4) is 0 Å². The van der Waals surface area contributed by atoms with Crippen LogP contribution in [0.15, 0.2) is 42.6 Å². The van der Waals surface area contributed by atoms with E-state index in [-0.39, 0.29) is 22.3 Å². The number of halogens is 6. The van der Waals surface area contributed by atoms with E-state index in [1.165, 1.54) is 12.1 Å². The summed E-state index contributed by atoms with van der Waals surface area (Å²) in [5.41, 5.74) is -1.02. The van der Waals surface area contributed by atoms with Crippen molar-refractivity contribution in [3.63, 3.8) is 0 Å². The molecule has 13 heteroatoms. The predicted octanol–water partition coefficient (Wildman–Crippen LogP) is 4.64. The third-order valence-corrected chi connectivity index (χ3v) is 5.42. The first-order chi connectivity index (χ1) is 16.4. The molecule has 7 nitrogen and oxygen atoms in total. The lowest BCUT2D eigenvalue weighted by Crippen LogP contribution is -2.36. The van der Waals surface area contributed by atoms with Gasteiger partial charge in [0.15, 0.2) is 11.3 Å². The quantitative estimate of drug-likeness (QED) is 0.395. The minimum absolute atomic E-state index is 0.0400. The molecule has 0 bridgehead atoms. The second-order valence-electron chi connectivity index (χ2n) is 7.66. The lowest BCUT2D eigenvalue weighted by molar-refractivity contribution is -0.291. The van der Waals surface area contributed by atoms with Crippen molar-refractivity contribution in [2.24, 2.45) is 0 Å². The summed E-state index contributed by atoms with van der Waals surface area (Å²) in [6.45, 7) is 4.35. The molecule has 0 spiro atoms. The number of hydrogen-bond donors (Lipinski definition) is 1. The van der Waals surface area contributed by atoms with E-state index >= 15 is 0 Å². The van der Waals surface area contributed by atoms with Gasteiger partial charge >= 0.3 is 12.1 Å². The summed E-state index contributed by atoms with van der Waals surface area (Å²) >= 11 is 0. The molecule has 1 aromatic carbocycles. The third kappa shape index (κ3) is 4.45. The zero-order valence-corrected chi connectivity index (χ0v) is 18.4. The average Bonchev–Trinajstić information content (AvgIpc) is 3.39. The summed E-state index contributed by atoms with van der Waals surface area (Å²) in [6.07, 6.45) is -4.38. The van der Waals surface area contributed by atoms with Crippen LogP contribution in [0.2, 0.25) is 0 Å². The first-order valence-electron chi connectivity index (χ1n) is 10.3. The number of nitrogens with zero attached hydrogens (tertiary/aromatic N) is 5. The van der Waals surface area contributed by atoms with Gasteiger partial charge in [-0.25, -0.2) is 13.9 Å². The Morgan fingerprint density at radius 2 is 1.77 bits per heavy atom. The Morgan fingerprint density at radius 3 is 2.37 bits per heavy atom. The standard InChI is InChI=1S/C22H18F6N6O/c1-3-33-12(2)14(11-30-33)10-29-20(35)17-9-19-31-16(13-4-6-15(23)7-5-13)8-18(34(19)32-17)21(24,25)22(26,27)28/h4-9,11H,3,10H2,1-2H3,(H,29,35). The van der Waals surface area contributed by atoms with Gasteiger partial charge in [-0.15, -0.1) is 0 Å². The maximum Gasteiger partial charge on any atom is 0.459 e. The van der Waals surface area contributed by atoms with E-state index in [0.29, 0.717) is 18.2 Å². The number of aromatic nitrogens is 5. The second kappa shape index (κ2) is 8.71. The van der Waals surface area contributed by atoms with E-state index in [9.17, 15) is 31.1 Å². The first kappa shape index (κ1) is 24.2. The molecule has 184 valence electrons. The number of carbonyl (C=O) groups is 1. The molecule has 0 aliphatic heterocycles. The van der Waals surface area contributed by atoms with Gasteiger partial charge in [0.05, 0.1) is 11.9 Å². The van der Waals surface area contributed by atoms with Gasteiger partial charge in [-0.05, 0) is 44.2 Å². The molecule has 0 aliphatic carbocycles. The fraction of sp³-hybridized carbons (Fsp3) is 0.273. The molecule has 0 aliphatic rings. The summed E-state index contributed by atoms with van der Waals surface area (Å²) in [4.78, 5) is 16.7. The van der Waals surface area contributed by atoms with Crippen LogP contribution >= 0.6 is 0 Å². The second-order valence-corrected chi connectivity index (χ2v) is 7.66. The van der Waals surface area contributed by atoms with E-state index in [0.717, 1.165) is 23.9 Å². The molecule has 0 radical (unpaired) electrons. The number of fused-ring (bicyclic) bond motifs is 1. The van der Waals surface area contributed by atoms with Gasteiger partial charge in [0.1, 0.15) is 11.5 Å². The van der Waals surface area contributed by atoms with Crippen LogP contribution in [-0.4, -0.2) is 36.5 Å². The fourth-order valence-corrected chi connectivity index (χ4v) is 3.47. The minimum Gasteiger partial charge on any atom is -0.346 e. The summed E-state index contributed by atoms with van der Waals surface area (Å²) < 4.78 is 83.8. The van der Waals surface area contributed by atoms with Crippen LogP contribution in [-0.2, 0) is 19.0 Å². The number of hydrogen-bond acceptors (Lipinski definition) is 4. The van der Waals surface area contributed by atoms with E-state index < -0.39 is 40.9 Å². The third-order valence-electron chi connectivity index (χ3n) is 5.42. The molecule has 1 N–H and O–H groups in total. The van der Waals surface area contributed by atoms with Gasteiger partial charge in [0.25, 0.3) is 5.91 Å². The highest BCUT2D eigenvalue weighted by Gasteiger charge is 2.60. The number of amides is 1. The molecule has 4 aromatic rings. The van der Waals surface area contributed by atoms with Gasteiger partial charge in [-0.1, -0.05) is 0 Å². The van der Waals surface area contributed by atoms with Crippen molar-refractivity contribution >= 4 is 11.6 Å². The lowest BCUT2D eigenvalue weighted by atomic mass is 10.1. The Labute approximate surface area is 194 Å². The van der Waals surface area contributed by atoms with Crippen LogP contribution < -0.4 is 5.32 Å². The van der Waals surface area contributed by atoms with Gasteiger partial charge in [-0.2, -0.15) is 32.1 Å². The molecule has 1 amide bonds. The van der Waals surface area contributed by atoms with Crippen LogP contribution in [0.1, 0.15) is 34.4 Å². The zero-order valence-electron chi connectivity index (χ0n) is 18.4. The number of benzene rings is 1. The summed E-state index contributed by atoms with van der Waals surface area (Å²) in [7, 11) is 0. The van der Waals surface area contributed by atoms with Crippen LogP contribution in [0.4, 0.5) is 26.3 Å². The van der Waals surface area contributed by atoms with Crippen molar-refractivity contribution in [3.8, 4) is 11.3 Å². The molecule has 0 saturated heterocycles. The highest BCUT2D eigenvalue weighted by molar-refractivity contribution is 5.93. The molecule has 0 atom stereocenters. The zero-order chi connectivity index (χ0) is 25.5.